The molecule has 2 heterocycles. The van der Waals surface area contributed by atoms with Crippen LogP contribution in [0.5, 0.6) is 11.5 Å². The molecule has 0 unspecified atom stereocenters. The fraction of sp³-hybridized carbons (Fsp3) is 0.348. The average Bonchev–Trinajstić information content (AvgIpc) is 3.02. The number of fused-ring (bicyclic) bond motifs is 2. The Balaban J connectivity index is 1.61. The molecule has 0 bridgehead atoms. The molecule has 2 aromatic carbocycles. The van der Waals surface area contributed by atoms with Crippen molar-refractivity contribution in [3.05, 3.63) is 58.7 Å². The minimum atomic E-state index is -0.887. The van der Waals surface area contributed by atoms with Crippen LogP contribution >= 0.6 is 0 Å². The number of amides is 3. The highest BCUT2D eigenvalue weighted by Gasteiger charge is 2.43. The van der Waals surface area contributed by atoms with Gasteiger partial charge in [-0.2, -0.15) is 0 Å². The number of rotatable bonds is 4. The van der Waals surface area contributed by atoms with Gasteiger partial charge in [-0.05, 0) is 55.7 Å². The van der Waals surface area contributed by atoms with Crippen LogP contribution in [-0.4, -0.2) is 54.3 Å². The Labute approximate surface area is 175 Å². The zero-order valence-electron chi connectivity index (χ0n) is 17.5. The maximum Gasteiger partial charge on any atom is 0.262 e. The van der Waals surface area contributed by atoms with E-state index in [1.807, 2.05) is 19.1 Å². The van der Waals surface area contributed by atoms with Crippen LogP contribution < -0.4 is 9.47 Å². The molecule has 0 spiro atoms. The number of benzene rings is 2. The quantitative estimate of drug-likeness (QED) is 0.727. The van der Waals surface area contributed by atoms with Gasteiger partial charge in [-0.15, -0.1) is 0 Å². The maximum absolute atomic E-state index is 13.3. The molecule has 30 heavy (non-hydrogen) atoms. The first-order valence-corrected chi connectivity index (χ1v) is 9.91. The van der Waals surface area contributed by atoms with Crippen LogP contribution in [-0.2, 0) is 11.2 Å². The van der Waals surface area contributed by atoms with Crippen molar-refractivity contribution in [2.24, 2.45) is 0 Å². The zero-order chi connectivity index (χ0) is 21.6. The van der Waals surface area contributed by atoms with Crippen molar-refractivity contribution in [1.82, 2.24) is 9.80 Å². The van der Waals surface area contributed by atoms with Crippen LogP contribution in [0.1, 0.15) is 51.7 Å². The van der Waals surface area contributed by atoms with Gasteiger partial charge in [-0.25, -0.2) is 0 Å². The molecule has 2 atom stereocenters. The second-order valence-electron chi connectivity index (χ2n) is 7.57. The van der Waals surface area contributed by atoms with E-state index in [2.05, 4.69) is 0 Å². The summed E-state index contributed by atoms with van der Waals surface area (Å²) in [7, 11) is 3.17. The summed E-state index contributed by atoms with van der Waals surface area (Å²) in [5.41, 5.74) is 2.76. The molecule has 0 aliphatic carbocycles. The lowest BCUT2D eigenvalue weighted by Crippen LogP contribution is -2.51. The fourth-order valence-electron chi connectivity index (χ4n) is 4.36. The Bertz CT molecular complexity index is 1010. The number of imide groups is 1. The lowest BCUT2D eigenvalue weighted by atomic mass is 9.92. The molecule has 2 aliphatic rings. The number of methoxy groups -OCH3 is 2. The molecule has 4 rings (SSSR count). The van der Waals surface area contributed by atoms with E-state index in [-0.39, 0.29) is 11.9 Å². The summed E-state index contributed by atoms with van der Waals surface area (Å²) in [6.45, 7) is 4.05. The third kappa shape index (κ3) is 2.93. The smallest absolute Gasteiger partial charge is 0.262 e. The van der Waals surface area contributed by atoms with E-state index in [0.29, 0.717) is 35.6 Å². The van der Waals surface area contributed by atoms with E-state index in [1.165, 1.54) is 0 Å². The van der Waals surface area contributed by atoms with Crippen LogP contribution in [0.2, 0.25) is 0 Å². The Morgan fingerprint density at radius 1 is 1.03 bits per heavy atom. The first kappa shape index (κ1) is 19.9. The van der Waals surface area contributed by atoms with Crippen molar-refractivity contribution in [2.75, 3.05) is 20.8 Å². The number of hydrogen-bond donors (Lipinski definition) is 0. The monoisotopic (exact) mass is 408 g/mol. The maximum atomic E-state index is 13.3. The molecule has 0 N–H and O–H groups in total. The molecule has 0 saturated heterocycles. The number of carbonyl (C=O) groups excluding carboxylic acids is 3. The highest BCUT2D eigenvalue weighted by Crippen LogP contribution is 2.38. The Morgan fingerprint density at radius 2 is 1.60 bits per heavy atom. The van der Waals surface area contributed by atoms with Gasteiger partial charge in [-0.3, -0.25) is 19.3 Å². The molecular weight excluding hydrogens is 384 g/mol. The summed E-state index contributed by atoms with van der Waals surface area (Å²) in [5.74, 6) is 0.159. The first-order chi connectivity index (χ1) is 14.4. The highest BCUT2D eigenvalue weighted by atomic mass is 16.5. The van der Waals surface area contributed by atoms with Gasteiger partial charge in [0.1, 0.15) is 6.04 Å². The number of nitrogens with zero attached hydrogens (tertiary/aromatic N) is 2. The minimum Gasteiger partial charge on any atom is -0.493 e. The summed E-state index contributed by atoms with van der Waals surface area (Å²) >= 11 is 0. The van der Waals surface area contributed by atoms with Gasteiger partial charge >= 0.3 is 0 Å². The molecule has 0 radical (unpaired) electrons. The predicted molar refractivity (Wildman–Crippen MR) is 110 cm³/mol. The van der Waals surface area contributed by atoms with Gasteiger partial charge in [0.2, 0.25) is 5.91 Å². The third-order valence-electron chi connectivity index (χ3n) is 6.04. The molecule has 0 saturated carbocycles. The predicted octanol–water partition coefficient (Wildman–Crippen LogP) is 2.83. The summed E-state index contributed by atoms with van der Waals surface area (Å²) in [5, 5.41) is 0. The molecule has 2 aromatic rings. The van der Waals surface area contributed by atoms with Gasteiger partial charge in [0, 0.05) is 6.54 Å². The van der Waals surface area contributed by atoms with Crippen molar-refractivity contribution in [3.8, 4) is 11.5 Å². The lowest BCUT2D eigenvalue weighted by molar-refractivity contribution is -0.137. The standard InChI is InChI=1S/C23H24N2O5/c1-13-18-12-20(30-4)19(29-3)11-15(18)9-10-24(13)21(26)14(2)25-22(27)16-7-5-6-8-17(16)23(25)28/h5-8,11-14H,9-10H2,1-4H3/t13-,14+/m0/s1. The van der Waals surface area contributed by atoms with Crippen LogP contribution in [0.25, 0.3) is 0 Å². The van der Waals surface area contributed by atoms with Gasteiger partial charge in [-0.1, -0.05) is 12.1 Å². The van der Waals surface area contributed by atoms with E-state index in [9.17, 15) is 14.4 Å². The number of hydrogen-bond acceptors (Lipinski definition) is 5. The lowest BCUT2D eigenvalue weighted by Gasteiger charge is -2.38. The molecule has 7 nitrogen and oxygen atoms in total. The molecule has 7 heteroatoms. The van der Waals surface area contributed by atoms with Gasteiger partial charge in [0.25, 0.3) is 11.8 Å². The third-order valence-corrected chi connectivity index (χ3v) is 6.04. The van der Waals surface area contributed by atoms with Gasteiger partial charge in [0.15, 0.2) is 11.5 Å². The second-order valence-corrected chi connectivity index (χ2v) is 7.57. The number of ether oxygens (including phenoxy) is 2. The molecule has 156 valence electrons. The van der Waals surface area contributed by atoms with Crippen LogP contribution in [0, 0.1) is 0 Å². The summed E-state index contributed by atoms with van der Waals surface area (Å²) < 4.78 is 10.8. The fourth-order valence-corrected chi connectivity index (χ4v) is 4.36. The van der Waals surface area contributed by atoms with Crippen molar-refractivity contribution in [2.45, 2.75) is 32.4 Å². The van der Waals surface area contributed by atoms with E-state index in [4.69, 9.17) is 9.47 Å². The van der Waals surface area contributed by atoms with Crippen molar-refractivity contribution < 1.29 is 23.9 Å². The molecule has 2 aliphatic heterocycles. The van der Waals surface area contributed by atoms with Gasteiger partial charge < -0.3 is 14.4 Å². The van der Waals surface area contributed by atoms with Gasteiger partial charge in [0.05, 0.1) is 31.4 Å². The topological polar surface area (TPSA) is 76.2 Å². The van der Waals surface area contributed by atoms with Crippen molar-refractivity contribution >= 4 is 17.7 Å². The second kappa shape index (κ2) is 7.48. The van der Waals surface area contributed by atoms with Crippen molar-refractivity contribution in [3.63, 3.8) is 0 Å². The van der Waals surface area contributed by atoms with E-state index >= 15 is 0 Å². The summed E-state index contributed by atoms with van der Waals surface area (Å²) in [6.07, 6.45) is 0.653. The number of carbonyl (C=O) groups is 3. The summed E-state index contributed by atoms with van der Waals surface area (Å²) in [6, 6.07) is 9.39. The Kier molecular flexibility index (Phi) is 4.97. The summed E-state index contributed by atoms with van der Waals surface area (Å²) in [4.78, 5) is 41.7. The first-order valence-electron chi connectivity index (χ1n) is 9.91. The largest absolute Gasteiger partial charge is 0.493 e. The molecular formula is C23H24N2O5. The Morgan fingerprint density at radius 3 is 2.17 bits per heavy atom. The minimum absolute atomic E-state index is 0.223. The van der Waals surface area contributed by atoms with Crippen molar-refractivity contribution in [1.29, 1.82) is 0 Å². The molecule has 0 fully saturated rings. The average molecular weight is 408 g/mol. The van der Waals surface area contributed by atoms with Crippen LogP contribution in [0.4, 0.5) is 0 Å². The normalized spacial score (nSPS) is 18.7. The van der Waals surface area contributed by atoms with Crippen LogP contribution in [0.15, 0.2) is 36.4 Å². The molecule has 3 amide bonds. The van der Waals surface area contributed by atoms with E-state index < -0.39 is 17.9 Å². The highest BCUT2D eigenvalue weighted by molar-refractivity contribution is 6.22. The molecule has 0 aromatic heterocycles. The SMILES string of the molecule is COc1cc2c(cc1OC)[C@H](C)N(C(=O)[C@@H](C)N1C(=O)c3ccccc3C1=O)CC2. The van der Waals surface area contributed by atoms with E-state index in [0.717, 1.165) is 16.0 Å². The Hall–Kier alpha value is -3.35. The zero-order valence-corrected chi connectivity index (χ0v) is 17.5. The van der Waals surface area contributed by atoms with Crippen LogP contribution in [0.3, 0.4) is 0 Å². The van der Waals surface area contributed by atoms with E-state index in [1.54, 1.807) is 50.3 Å².